The number of piperazine rings is 1. The number of hydrogen-bond acceptors (Lipinski definition) is 3. The minimum Gasteiger partial charge on any atom is -0.478 e. The molecule has 0 aliphatic carbocycles. The zero-order chi connectivity index (χ0) is 11.9. The van der Waals surface area contributed by atoms with Crippen LogP contribution < -0.4 is 5.32 Å². The van der Waals surface area contributed by atoms with Crippen molar-refractivity contribution < 1.29 is 19.8 Å². The lowest BCUT2D eigenvalue weighted by atomic mass is 9.84. The number of hydrogen-bond donors (Lipinski definition) is 3. The largest absolute Gasteiger partial charge is 0.478 e. The maximum atomic E-state index is 11.0. The van der Waals surface area contributed by atoms with Crippen LogP contribution in [0.5, 0.6) is 0 Å². The Morgan fingerprint density at radius 2 is 2.25 bits per heavy atom. The number of aliphatic carboxylic acids is 1. The summed E-state index contributed by atoms with van der Waals surface area (Å²) in [6.45, 7) is 2.50. The van der Waals surface area contributed by atoms with E-state index in [4.69, 9.17) is 10.2 Å². The van der Waals surface area contributed by atoms with Crippen LogP contribution in [0.4, 0.5) is 4.79 Å². The Hall–Kier alpha value is -1.56. The van der Waals surface area contributed by atoms with E-state index in [1.807, 2.05) is 6.92 Å². The molecule has 0 radical (unpaired) electrons. The van der Waals surface area contributed by atoms with Crippen LogP contribution in [0.3, 0.4) is 0 Å². The van der Waals surface area contributed by atoms with E-state index in [9.17, 15) is 9.59 Å². The van der Waals surface area contributed by atoms with E-state index >= 15 is 0 Å². The number of nitrogens with one attached hydrogen (secondary N) is 1. The molecule has 1 saturated heterocycles. The Morgan fingerprint density at radius 3 is 2.81 bits per heavy atom. The average Bonchev–Trinajstić information content (AvgIpc) is 2.15. The smallest absolute Gasteiger partial charge is 0.407 e. The average molecular weight is 226 g/mol. The molecule has 0 spiro atoms. The van der Waals surface area contributed by atoms with Gasteiger partial charge in [-0.15, -0.1) is 0 Å². The Balaban J connectivity index is 2.27. The Morgan fingerprint density at radius 1 is 1.56 bits per heavy atom. The molecule has 2 bridgehead atoms. The molecule has 2 unspecified atom stereocenters. The summed E-state index contributed by atoms with van der Waals surface area (Å²) in [5.74, 6) is -0.980. The van der Waals surface area contributed by atoms with Gasteiger partial charge in [-0.3, -0.25) is 0 Å². The van der Waals surface area contributed by atoms with Crippen LogP contribution in [0, 0.1) is 0 Å². The monoisotopic (exact) mass is 226 g/mol. The Labute approximate surface area is 92.5 Å². The second-order valence-corrected chi connectivity index (χ2v) is 4.59. The second-order valence-electron chi connectivity index (χ2n) is 4.59. The highest BCUT2D eigenvalue weighted by Crippen LogP contribution is 2.27. The predicted molar refractivity (Wildman–Crippen MR) is 55.3 cm³/mol. The summed E-state index contributed by atoms with van der Waals surface area (Å²) in [5.41, 5.74) is -0.0799. The van der Waals surface area contributed by atoms with Crippen LogP contribution in [0.25, 0.3) is 0 Å². The van der Waals surface area contributed by atoms with E-state index < -0.39 is 18.1 Å². The van der Waals surface area contributed by atoms with Gasteiger partial charge in [-0.25, -0.2) is 9.59 Å². The minimum atomic E-state index is -0.996. The molecule has 88 valence electrons. The molecule has 1 fully saturated rings. The summed E-state index contributed by atoms with van der Waals surface area (Å²) in [6, 6.07) is -0.402. The van der Waals surface area contributed by atoms with Crippen LogP contribution in [0.2, 0.25) is 0 Å². The molecule has 2 aliphatic rings. The van der Waals surface area contributed by atoms with E-state index in [2.05, 4.69) is 5.32 Å². The molecule has 1 amide bonds. The Kier molecular flexibility index (Phi) is 2.38. The topological polar surface area (TPSA) is 89.9 Å². The third-order valence-corrected chi connectivity index (χ3v) is 3.13. The molecule has 0 aromatic carbocycles. The van der Waals surface area contributed by atoms with Crippen molar-refractivity contribution in [2.45, 2.75) is 24.9 Å². The number of carboxylic acids is 1. The highest BCUT2D eigenvalue weighted by Gasteiger charge is 2.42. The number of amides is 1. The first kappa shape index (κ1) is 10.9. The maximum Gasteiger partial charge on any atom is 0.407 e. The lowest BCUT2D eigenvalue weighted by Crippen LogP contribution is -2.66. The van der Waals surface area contributed by atoms with Gasteiger partial charge in [0.1, 0.15) is 0 Å². The van der Waals surface area contributed by atoms with Gasteiger partial charge in [0.25, 0.3) is 0 Å². The number of nitrogens with zero attached hydrogens (tertiary/aromatic N) is 1. The van der Waals surface area contributed by atoms with Crippen LogP contribution in [-0.2, 0) is 4.79 Å². The van der Waals surface area contributed by atoms with Crippen molar-refractivity contribution in [2.75, 3.05) is 13.1 Å². The van der Waals surface area contributed by atoms with Gasteiger partial charge in [-0.05, 0) is 13.3 Å². The number of carbonyl (C=O) groups is 2. The summed E-state index contributed by atoms with van der Waals surface area (Å²) in [5, 5.41) is 21.1. The summed E-state index contributed by atoms with van der Waals surface area (Å²) in [4.78, 5) is 23.2. The van der Waals surface area contributed by atoms with Crippen molar-refractivity contribution in [2.24, 2.45) is 0 Å². The lowest BCUT2D eigenvalue weighted by Gasteiger charge is -2.47. The molecular weight excluding hydrogens is 212 g/mol. The maximum absolute atomic E-state index is 11.0. The SMILES string of the molecule is CC12CC=C(C(=O)O)C(CN(C(=O)O)C1)N2. The highest BCUT2D eigenvalue weighted by atomic mass is 16.4. The molecule has 2 rings (SSSR count). The van der Waals surface area contributed by atoms with E-state index in [1.54, 1.807) is 6.08 Å². The third kappa shape index (κ3) is 1.76. The van der Waals surface area contributed by atoms with Crippen molar-refractivity contribution in [3.05, 3.63) is 11.6 Å². The molecule has 0 aromatic rings. The van der Waals surface area contributed by atoms with Crippen molar-refractivity contribution in [1.82, 2.24) is 10.2 Å². The van der Waals surface area contributed by atoms with E-state index in [0.717, 1.165) is 0 Å². The molecule has 16 heavy (non-hydrogen) atoms. The first-order valence-corrected chi connectivity index (χ1v) is 5.10. The quantitative estimate of drug-likeness (QED) is 0.590. The summed E-state index contributed by atoms with van der Waals surface area (Å²) in [6.07, 6.45) is 1.24. The van der Waals surface area contributed by atoms with Crippen molar-refractivity contribution >= 4 is 12.1 Å². The fraction of sp³-hybridized carbons (Fsp3) is 0.600. The van der Waals surface area contributed by atoms with Crippen molar-refractivity contribution in [3.63, 3.8) is 0 Å². The normalized spacial score (nSPS) is 33.2. The van der Waals surface area contributed by atoms with Gasteiger partial charge in [0.2, 0.25) is 0 Å². The van der Waals surface area contributed by atoms with E-state index in [0.29, 0.717) is 13.0 Å². The molecule has 3 N–H and O–H groups in total. The molecule has 2 aliphatic heterocycles. The first-order valence-electron chi connectivity index (χ1n) is 5.10. The number of rotatable bonds is 1. The van der Waals surface area contributed by atoms with Crippen LogP contribution in [0.1, 0.15) is 13.3 Å². The molecule has 6 heteroatoms. The third-order valence-electron chi connectivity index (χ3n) is 3.13. The molecule has 0 aromatic heterocycles. The van der Waals surface area contributed by atoms with Gasteiger partial charge in [-0.2, -0.15) is 0 Å². The predicted octanol–water partition coefficient (Wildman–Crippen LogP) is 0.112. The summed E-state index contributed by atoms with van der Waals surface area (Å²) >= 11 is 0. The zero-order valence-electron chi connectivity index (χ0n) is 8.93. The summed E-state index contributed by atoms with van der Waals surface area (Å²) < 4.78 is 0. The minimum absolute atomic E-state index is 0.197. The van der Waals surface area contributed by atoms with Crippen LogP contribution in [-0.4, -0.2) is 51.8 Å². The van der Waals surface area contributed by atoms with Gasteiger partial charge in [-0.1, -0.05) is 6.08 Å². The molecule has 2 heterocycles. The fourth-order valence-corrected chi connectivity index (χ4v) is 2.38. The first-order chi connectivity index (χ1) is 7.41. The molecular formula is C10H14N2O4. The van der Waals surface area contributed by atoms with Gasteiger partial charge < -0.3 is 20.4 Å². The summed E-state index contributed by atoms with van der Waals surface area (Å²) in [7, 11) is 0. The standard InChI is InChI=1S/C10H14N2O4/c1-10-3-2-6(8(13)14)7(11-10)4-12(5-10)9(15)16/h2,7,11H,3-5H2,1H3,(H,13,14)(H,15,16). The zero-order valence-corrected chi connectivity index (χ0v) is 8.93. The molecule has 0 saturated carbocycles. The second kappa shape index (κ2) is 3.48. The molecule has 2 atom stereocenters. The Bertz CT molecular complexity index is 379. The van der Waals surface area contributed by atoms with Gasteiger partial charge >= 0.3 is 12.1 Å². The highest BCUT2D eigenvalue weighted by molar-refractivity contribution is 5.88. The van der Waals surface area contributed by atoms with Gasteiger partial charge in [0.15, 0.2) is 0 Å². The van der Waals surface area contributed by atoms with E-state index in [1.165, 1.54) is 4.90 Å². The van der Waals surface area contributed by atoms with Gasteiger partial charge in [0.05, 0.1) is 11.6 Å². The van der Waals surface area contributed by atoms with Crippen LogP contribution in [0.15, 0.2) is 11.6 Å². The number of fused-ring (bicyclic) bond motifs is 2. The van der Waals surface area contributed by atoms with Gasteiger partial charge in [0, 0.05) is 18.6 Å². The van der Waals surface area contributed by atoms with Crippen molar-refractivity contribution in [1.29, 1.82) is 0 Å². The lowest BCUT2D eigenvalue weighted by molar-refractivity contribution is -0.133. The van der Waals surface area contributed by atoms with E-state index in [-0.39, 0.29) is 17.7 Å². The van der Waals surface area contributed by atoms with Crippen LogP contribution >= 0.6 is 0 Å². The number of carboxylic acid groups (broad SMARTS) is 2. The molecule has 6 nitrogen and oxygen atoms in total. The van der Waals surface area contributed by atoms with Crippen molar-refractivity contribution in [3.8, 4) is 0 Å². The fourth-order valence-electron chi connectivity index (χ4n) is 2.38.